The molecule has 1 aliphatic rings. The molecule has 1 saturated heterocycles. The van der Waals surface area contributed by atoms with Crippen molar-refractivity contribution < 1.29 is 9.90 Å². The molecule has 0 aromatic heterocycles. The molecule has 3 heteroatoms. The second-order valence-electron chi connectivity index (χ2n) is 4.32. The van der Waals surface area contributed by atoms with Gasteiger partial charge in [0.25, 0.3) is 0 Å². The van der Waals surface area contributed by atoms with E-state index < -0.39 is 12.0 Å². The van der Waals surface area contributed by atoms with E-state index in [4.69, 9.17) is 11.5 Å². The zero-order valence-corrected chi connectivity index (χ0v) is 9.54. The molecule has 17 heavy (non-hydrogen) atoms. The molecule has 1 unspecified atom stereocenters. The summed E-state index contributed by atoms with van der Waals surface area (Å²) in [4.78, 5) is 13.0. The van der Waals surface area contributed by atoms with E-state index in [2.05, 4.69) is 18.1 Å². The highest BCUT2D eigenvalue weighted by molar-refractivity contribution is 5.74. The lowest BCUT2D eigenvalue weighted by atomic mass is 9.89. The Bertz CT molecular complexity index is 429. The number of hydrogen-bond acceptors (Lipinski definition) is 2. The number of benzene rings is 1. The maximum atomic E-state index is 11.0. The van der Waals surface area contributed by atoms with Crippen molar-refractivity contribution in [3.05, 3.63) is 35.9 Å². The number of carboxylic acid groups (broad SMARTS) is 1. The number of carboxylic acids is 1. The van der Waals surface area contributed by atoms with Crippen LogP contribution in [-0.2, 0) is 4.79 Å². The number of likely N-dealkylation sites (tertiary alicyclic amines) is 1. The van der Waals surface area contributed by atoms with E-state index in [9.17, 15) is 4.79 Å². The first-order valence-corrected chi connectivity index (χ1v) is 5.67. The third kappa shape index (κ3) is 2.48. The van der Waals surface area contributed by atoms with Gasteiger partial charge in [0.2, 0.25) is 0 Å². The van der Waals surface area contributed by atoms with Crippen LogP contribution in [0.2, 0.25) is 0 Å². The Kier molecular flexibility index (Phi) is 3.46. The van der Waals surface area contributed by atoms with Crippen LogP contribution < -0.4 is 0 Å². The first kappa shape index (κ1) is 11.7. The molecule has 0 aliphatic carbocycles. The largest absolute Gasteiger partial charge is 0.480 e. The van der Waals surface area contributed by atoms with Crippen LogP contribution >= 0.6 is 0 Å². The molecule has 0 bridgehead atoms. The minimum absolute atomic E-state index is 0.275. The topological polar surface area (TPSA) is 40.5 Å². The number of carbonyl (C=O) groups is 1. The van der Waals surface area contributed by atoms with Gasteiger partial charge in [-0.05, 0) is 5.56 Å². The summed E-state index contributed by atoms with van der Waals surface area (Å²) in [5.74, 6) is 2.05. The van der Waals surface area contributed by atoms with Crippen molar-refractivity contribution >= 4 is 5.97 Å². The van der Waals surface area contributed by atoms with Crippen molar-refractivity contribution in [2.75, 3.05) is 13.1 Å². The molecule has 1 heterocycles. The van der Waals surface area contributed by atoms with Crippen molar-refractivity contribution in [1.82, 2.24) is 4.90 Å². The predicted octanol–water partition coefficient (Wildman–Crippen LogP) is 1.56. The van der Waals surface area contributed by atoms with E-state index in [-0.39, 0.29) is 6.42 Å². The number of rotatable bonds is 4. The maximum Gasteiger partial charge on any atom is 0.321 e. The van der Waals surface area contributed by atoms with Gasteiger partial charge in [-0.2, -0.15) is 0 Å². The van der Waals surface area contributed by atoms with Crippen LogP contribution in [-0.4, -0.2) is 35.1 Å². The molecule has 0 radical (unpaired) electrons. The molecule has 1 N–H and O–H groups in total. The zero-order valence-electron chi connectivity index (χ0n) is 9.54. The number of hydrogen-bond donors (Lipinski definition) is 1. The van der Waals surface area contributed by atoms with Crippen LogP contribution in [0.15, 0.2) is 30.3 Å². The Morgan fingerprint density at radius 2 is 2.12 bits per heavy atom. The normalized spacial score (nSPS) is 18.1. The SMILES string of the molecule is C#CCC(C(=O)O)N1CC(c2ccccc2)C1. The summed E-state index contributed by atoms with van der Waals surface area (Å²) in [5.41, 5.74) is 1.27. The van der Waals surface area contributed by atoms with Gasteiger partial charge in [-0.15, -0.1) is 12.3 Å². The Morgan fingerprint density at radius 3 is 2.65 bits per heavy atom. The van der Waals surface area contributed by atoms with Crippen LogP contribution in [0.3, 0.4) is 0 Å². The molecule has 0 saturated carbocycles. The molecule has 2 rings (SSSR count). The number of terminal acetylenes is 1. The molecule has 3 nitrogen and oxygen atoms in total. The van der Waals surface area contributed by atoms with Crippen LogP contribution in [0.25, 0.3) is 0 Å². The summed E-state index contributed by atoms with van der Waals surface area (Å²) in [5, 5.41) is 9.06. The van der Waals surface area contributed by atoms with Crippen molar-refractivity contribution in [2.24, 2.45) is 0 Å². The molecule has 1 aliphatic heterocycles. The van der Waals surface area contributed by atoms with Gasteiger partial charge < -0.3 is 5.11 Å². The summed E-state index contributed by atoms with van der Waals surface area (Å²) < 4.78 is 0. The lowest BCUT2D eigenvalue weighted by Crippen LogP contribution is -2.53. The van der Waals surface area contributed by atoms with Crippen molar-refractivity contribution in [3.8, 4) is 12.3 Å². The highest BCUT2D eigenvalue weighted by atomic mass is 16.4. The fourth-order valence-electron chi connectivity index (χ4n) is 2.19. The molecule has 88 valence electrons. The van der Waals surface area contributed by atoms with Gasteiger partial charge in [-0.3, -0.25) is 9.69 Å². The molecular weight excluding hydrogens is 214 g/mol. The van der Waals surface area contributed by atoms with E-state index in [0.717, 1.165) is 13.1 Å². The van der Waals surface area contributed by atoms with Gasteiger partial charge in [-0.25, -0.2) is 0 Å². The van der Waals surface area contributed by atoms with Gasteiger partial charge in [0.15, 0.2) is 0 Å². The molecule has 1 atom stereocenters. The average Bonchev–Trinajstić information content (AvgIpc) is 2.27. The Morgan fingerprint density at radius 1 is 1.47 bits per heavy atom. The summed E-state index contributed by atoms with van der Waals surface area (Å²) >= 11 is 0. The van der Waals surface area contributed by atoms with E-state index in [1.54, 1.807) is 0 Å². The smallest absolute Gasteiger partial charge is 0.321 e. The van der Waals surface area contributed by atoms with Crippen molar-refractivity contribution in [3.63, 3.8) is 0 Å². The second-order valence-corrected chi connectivity index (χ2v) is 4.32. The van der Waals surface area contributed by atoms with Gasteiger partial charge in [0, 0.05) is 25.4 Å². The molecule has 0 spiro atoms. The third-order valence-corrected chi connectivity index (χ3v) is 3.22. The van der Waals surface area contributed by atoms with E-state index >= 15 is 0 Å². The predicted molar refractivity (Wildman–Crippen MR) is 65.6 cm³/mol. The van der Waals surface area contributed by atoms with E-state index in [0.29, 0.717) is 5.92 Å². The van der Waals surface area contributed by atoms with Crippen LogP contribution in [0.5, 0.6) is 0 Å². The van der Waals surface area contributed by atoms with Crippen LogP contribution in [0.4, 0.5) is 0 Å². The Hall–Kier alpha value is -1.79. The van der Waals surface area contributed by atoms with Crippen LogP contribution in [0, 0.1) is 12.3 Å². The summed E-state index contributed by atoms with van der Waals surface area (Å²) in [6.45, 7) is 1.56. The summed E-state index contributed by atoms with van der Waals surface area (Å²) in [7, 11) is 0. The highest BCUT2D eigenvalue weighted by Gasteiger charge is 2.36. The first-order valence-electron chi connectivity index (χ1n) is 5.67. The van der Waals surface area contributed by atoms with E-state index in [1.165, 1.54) is 5.56 Å². The highest BCUT2D eigenvalue weighted by Crippen LogP contribution is 2.29. The molecular formula is C14H15NO2. The summed E-state index contributed by atoms with van der Waals surface area (Å²) in [6.07, 6.45) is 5.46. The molecule has 1 aromatic carbocycles. The fraction of sp³-hybridized carbons (Fsp3) is 0.357. The first-order chi connectivity index (χ1) is 8.22. The minimum Gasteiger partial charge on any atom is -0.480 e. The lowest BCUT2D eigenvalue weighted by molar-refractivity contribution is -0.145. The monoisotopic (exact) mass is 229 g/mol. The van der Waals surface area contributed by atoms with Gasteiger partial charge >= 0.3 is 5.97 Å². The molecule has 1 aromatic rings. The van der Waals surface area contributed by atoms with E-state index in [1.807, 2.05) is 23.1 Å². The third-order valence-electron chi connectivity index (χ3n) is 3.22. The van der Waals surface area contributed by atoms with Crippen LogP contribution in [0.1, 0.15) is 17.9 Å². The molecule has 0 amide bonds. The fourth-order valence-corrected chi connectivity index (χ4v) is 2.19. The minimum atomic E-state index is -0.825. The Labute approximate surface area is 101 Å². The average molecular weight is 229 g/mol. The van der Waals surface area contributed by atoms with Gasteiger partial charge in [0.1, 0.15) is 6.04 Å². The number of nitrogens with zero attached hydrogens (tertiary/aromatic N) is 1. The number of aliphatic carboxylic acids is 1. The zero-order chi connectivity index (χ0) is 12.3. The Balaban J connectivity index is 1.94. The van der Waals surface area contributed by atoms with Gasteiger partial charge in [-0.1, -0.05) is 30.3 Å². The second kappa shape index (κ2) is 5.03. The lowest BCUT2D eigenvalue weighted by Gasteiger charge is -2.42. The summed E-state index contributed by atoms with van der Waals surface area (Å²) in [6, 6.07) is 9.64. The maximum absolute atomic E-state index is 11.0. The standard InChI is InChI=1S/C14H15NO2/c1-2-6-13(14(16)17)15-9-12(10-15)11-7-4-3-5-8-11/h1,3-5,7-8,12-13H,6,9-10H2,(H,16,17). The van der Waals surface area contributed by atoms with Crippen molar-refractivity contribution in [1.29, 1.82) is 0 Å². The quantitative estimate of drug-likeness (QED) is 0.797. The van der Waals surface area contributed by atoms with Gasteiger partial charge in [0.05, 0.1) is 0 Å². The van der Waals surface area contributed by atoms with Crippen molar-refractivity contribution in [2.45, 2.75) is 18.4 Å². The molecule has 1 fully saturated rings.